The second-order valence-electron chi connectivity index (χ2n) is 7.72. The lowest BCUT2D eigenvalue weighted by Crippen LogP contribution is -2.48. The summed E-state index contributed by atoms with van der Waals surface area (Å²) in [6.07, 6.45) is -0.575. The molecule has 0 bridgehead atoms. The van der Waals surface area contributed by atoms with Crippen molar-refractivity contribution < 1.29 is 32.4 Å². The van der Waals surface area contributed by atoms with E-state index in [2.05, 4.69) is 4.74 Å². The van der Waals surface area contributed by atoms with E-state index in [9.17, 15) is 14.2 Å². The van der Waals surface area contributed by atoms with E-state index < -0.39 is 33.8 Å². The maximum absolute atomic E-state index is 12.4. The molecule has 0 amide bonds. The zero-order valence-corrected chi connectivity index (χ0v) is 18.8. The average Bonchev–Trinajstić information content (AvgIpc) is 2.51. The Hall–Kier alpha value is -0.533. The lowest BCUT2D eigenvalue weighted by atomic mass is 10.0. The highest BCUT2D eigenvalue weighted by molar-refractivity contribution is 7.53. The van der Waals surface area contributed by atoms with Crippen LogP contribution in [0, 0.1) is 5.92 Å². The number of ether oxygens (including phenoxy) is 1. The molecule has 7 nitrogen and oxygen atoms in total. The standard InChI is InChI=1S/C16H33O7PSi/c1-12(11-24(19,21-6)22-7)10-13(14(17)15(18)20-5)23-25(8,9)16(2,3)4/h12-13H,10-11H2,1-9H3/t12?,13-/m1/s1. The van der Waals surface area contributed by atoms with Crippen molar-refractivity contribution >= 4 is 27.7 Å². The quantitative estimate of drug-likeness (QED) is 0.241. The van der Waals surface area contributed by atoms with Gasteiger partial charge in [-0.3, -0.25) is 9.36 Å². The number of Topliss-reactive ketones (excluding diaryl/α,β-unsaturated/α-hetero) is 1. The molecule has 0 aliphatic rings. The molecule has 0 saturated heterocycles. The lowest BCUT2D eigenvalue weighted by Gasteiger charge is -2.39. The van der Waals surface area contributed by atoms with Crippen LogP contribution in [-0.4, -0.2) is 53.7 Å². The molecule has 0 aromatic heterocycles. The third-order valence-corrected chi connectivity index (χ3v) is 11.3. The highest BCUT2D eigenvalue weighted by Gasteiger charge is 2.42. The molecule has 1 unspecified atom stereocenters. The minimum atomic E-state index is -3.21. The number of hydrogen-bond donors (Lipinski definition) is 0. The highest BCUT2D eigenvalue weighted by atomic mass is 31.2. The van der Waals surface area contributed by atoms with Crippen LogP contribution in [0.15, 0.2) is 0 Å². The van der Waals surface area contributed by atoms with Gasteiger partial charge in [0.1, 0.15) is 6.10 Å². The fourth-order valence-electron chi connectivity index (χ4n) is 2.02. The number of rotatable bonds is 10. The van der Waals surface area contributed by atoms with E-state index in [1.54, 1.807) is 0 Å². The van der Waals surface area contributed by atoms with Crippen LogP contribution < -0.4 is 0 Å². The van der Waals surface area contributed by atoms with Crippen LogP contribution in [0.1, 0.15) is 34.1 Å². The van der Waals surface area contributed by atoms with Crippen LogP contribution in [0.5, 0.6) is 0 Å². The molecular formula is C16H33O7PSi. The van der Waals surface area contributed by atoms with E-state index in [0.29, 0.717) is 0 Å². The average molecular weight is 396 g/mol. The van der Waals surface area contributed by atoms with Crippen molar-refractivity contribution in [3.05, 3.63) is 0 Å². The minimum Gasteiger partial charge on any atom is -0.463 e. The lowest BCUT2D eigenvalue weighted by molar-refractivity contribution is -0.155. The van der Waals surface area contributed by atoms with E-state index in [1.807, 2.05) is 40.8 Å². The van der Waals surface area contributed by atoms with Gasteiger partial charge in [0.05, 0.1) is 13.3 Å². The molecule has 0 spiro atoms. The van der Waals surface area contributed by atoms with Crippen molar-refractivity contribution in [1.29, 1.82) is 0 Å². The topological polar surface area (TPSA) is 88.1 Å². The minimum absolute atomic E-state index is 0.126. The first-order chi connectivity index (χ1) is 11.2. The van der Waals surface area contributed by atoms with Crippen molar-refractivity contribution in [2.75, 3.05) is 27.5 Å². The molecule has 0 aromatic carbocycles. The van der Waals surface area contributed by atoms with Crippen molar-refractivity contribution in [2.45, 2.75) is 58.4 Å². The van der Waals surface area contributed by atoms with Gasteiger partial charge in [0.2, 0.25) is 0 Å². The maximum atomic E-state index is 12.4. The molecule has 0 fully saturated rings. The first kappa shape index (κ1) is 24.5. The van der Waals surface area contributed by atoms with Gasteiger partial charge in [-0.25, -0.2) is 4.79 Å². The summed E-state index contributed by atoms with van der Waals surface area (Å²) >= 11 is 0. The summed E-state index contributed by atoms with van der Waals surface area (Å²) in [7, 11) is -1.70. The monoisotopic (exact) mass is 396 g/mol. The van der Waals surface area contributed by atoms with Gasteiger partial charge in [0.25, 0.3) is 5.78 Å². The van der Waals surface area contributed by atoms with E-state index >= 15 is 0 Å². The predicted molar refractivity (Wildman–Crippen MR) is 99.4 cm³/mol. The Morgan fingerprint density at radius 3 is 1.92 bits per heavy atom. The first-order valence-electron chi connectivity index (χ1n) is 8.23. The van der Waals surface area contributed by atoms with Gasteiger partial charge in [-0.15, -0.1) is 0 Å². The molecule has 0 aliphatic heterocycles. The van der Waals surface area contributed by atoms with E-state index in [4.69, 9.17) is 13.5 Å². The summed E-state index contributed by atoms with van der Waals surface area (Å²) in [5.74, 6) is -1.87. The van der Waals surface area contributed by atoms with E-state index in [-0.39, 0.29) is 23.5 Å². The van der Waals surface area contributed by atoms with Crippen LogP contribution >= 0.6 is 7.60 Å². The number of carbonyl (C=O) groups excluding carboxylic acids is 2. The fraction of sp³-hybridized carbons (Fsp3) is 0.875. The number of methoxy groups -OCH3 is 1. The van der Waals surface area contributed by atoms with Crippen molar-refractivity contribution in [3.63, 3.8) is 0 Å². The van der Waals surface area contributed by atoms with Crippen LogP contribution in [0.3, 0.4) is 0 Å². The molecule has 25 heavy (non-hydrogen) atoms. The summed E-state index contributed by atoms with van der Waals surface area (Å²) in [6.45, 7) is 12.0. The Bertz CT molecular complexity index is 505. The van der Waals surface area contributed by atoms with Gasteiger partial charge >= 0.3 is 13.6 Å². The van der Waals surface area contributed by atoms with Crippen LogP contribution in [0.2, 0.25) is 18.1 Å². The largest absolute Gasteiger partial charge is 0.463 e. The first-order valence-corrected chi connectivity index (χ1v) is 12.9. The maximum Gasteiger partial charge on any atom is 0.377 e. The zero-order chi connectivity index (χ0) is 20.1. The third kappa shape index (κ3) is 7.31. The Kier molecular flexibility index (Phi) is 9.22. The van der Waals surface area contributed by atoms with E-state index in [0.717, 1.165) is 7.11 Å². The molecule has 9 heteroatoms. The van der Waals surface area contributed by atoms with Gasteiger partial charge < -0.3 is 18.2 Å². The Morgan fingerprint density at radius 1 is 1.08 bits per heavy atom. The molecule has 0 heterocycles. The molecule has 0 aromatic rings. The third-order valence-electron chi connectivity index (χ3n) is 4.63. The molecule has 148 valence electrons. The molecule has 0 radical (unpaired) electrons. The molecule has 0 aliphatic carbocycles. The van der Waals surface area contributed by atoms with Crippen molar-refractivity contribution in [1.82, 2.24) is 0 Å². The normalized spacial score (nSPS) is 15.6. The summed E-state index contributed by atoms with van der Waals surface area (Å²) in [5.41, 5.74) is 0. The number of carbonyl (C=O) groups is 2. The van der Waals surface area contributed by atoms with Crippen LogP contribution in [-0.2, 0) is 32.4 Å². The van der Waals surface area contributed by atoms with Crippen molar-refractivity contribution in [3.8, 4) is 0 Å². The van der Waals surface area contributed by atoms with Gasteiger partial charge in [0, 0.05) is 14.2 Å². The Labute approximate surface area is 152 Å². The van der Waals surface area contributed by atoms with Crippen molar-refractivity contribution in [2.24, 2.45) is 5.92 Å². The van der Waals surface area contributed by atoms with Gasteiger partial charge in [-0.2, -0.15) is 0 Å². The number of ketones is 1. The van der Waals surface area contributed by atoms with Gasteiger partial charge in [-0.05, 0) is 30.5 Å². The second kappa shape index (κ2) is 9.42. The number of esters is 1. The second-order valence-corrected chi connectivity index (χ2v) is 14.8. The van der Waals surface area contributed by atoms with E-state index in [1.165, 1.54) is 14.2 Å². The smallest absolute Gasteiger partial charge is 0.377 e. The molecule has 0 rings (SSSR count). The molecule has 0 N–H and O–H groups in total. The van der Waals surface area contributed by atoms with Crippen LogP contribution in [0.4, 0.5) is 0 Å². The SMILES string of the molecule is COC(=O)C(=O)[C@@H](CC(C)CP(=O)(OC)OC)O[Si](C)(C)C(C)(C)C. The van der Waals surface area contributed by atoms with Gasteiger partial charge in [-0.1, -0.05) is 27.7 Å². The fourth-order valence-corrected chi connectivity index (χ4v) is 4.65. The summed E-state index contributed by atoms with van der Waals surface area (Å²) in [6, 6.07) is 0. The van der Waals surface area contributed by atoms with Crippen LogP contribution in [0.25, 0.3) is 0 Å². The summed E-state index contributed by atoms with van der Waals surface area (Å²) < 4.78 is 32.9. The highest BCUT2D eigenvalue weighted by Crippen LogP contribution is 2.48. The molecule has 2 atom stereocenters. The number of hydrogen-bond acceptors (Lipinski definition) is 7. The molecule has 0 saturated carbocycles. The Morgan fingerprint density at radius 2 is 1.56 bits per heavy atom. The summed E-state index contributed by atoms with van der Waals surface area (Å²) in [4.78, 5) is 24.1. The zero-order valence-electron chi connectivity index (χ0n) is 16.9. The summed E-state index contributed by atoms with van der Waals surface area (Å²) in [5, 5.41) is -0.126. The molecular weight excluding hydrogens is 363 g/mol. The van der Waals surface area contributed by atoms with Gasteiger partial charge in [0.15, 0.2) is 8.32 Å². The predicted octanol–water partition coefficient (Wildman–Crippen LogP) is 3.63. The Balaban J connectivity index is 5.38.